The van der Waals surface area contributed by atoms with Gasteiger partial charge in [0.15, 0.2) is 0 Å². The van der Waals surface area contributed by atoms with Crippen LogP contribution in [0.4, 0.5) is 0 Å². The Balaban J connectivity index is 0.000000433. The van der Waals surface area contributed by atoms with Gasteiger partial charge in [-0.2, -0.15) is 0 Å². The van der Waals surface area contributed by atoms with E-state index in [1.807, 2.05) is 25.2 Å². The average molecular weight is 296 g/mol. The molecule has 0 radical (unpaired) electrons. The molecule has 0 heterocycles. The van der Waals surface area contributed by atoms with Crippen LogP contribution in [0.15, 0.2) is 36.4 Å². The SMILES string of the molecule is COc1ccccc1CCN(C)N.O=C(O)/C=C\C(=O)O. The fraction of sp³-hybridized carbons (Fsp3) is 0.286. The highest BCUT2D eigenvalue weighted by atomic mass is 16.5. The van der Waals surface area contributed by atoms with Gasteiger partial charge in [0.2, 0.25) is 0 Å². The standard InChI is InChI=1S/C10H16N2O.C4H4O4/c1-12(11)8-7-9-5-3-4-6-10(9)13-2;5-3(6)1-2-4(7)8/h3-6H,7-8,11H2,1-2H3;1-2H,(H,5,6)(H,7,8)/b;2-1-. The summed E-state index contributed by atoms with van der Waals surface area (Å²) in [6.07, 6.45) is 2.03. The molecule has 0 aliphatic heterocycles. The maximum Gasteiger partial charge on any atom is 0.328 e. The molecule has 4 N–H and O–H groups in total. The van der Waals surface area contributed by atoms with Gasteiger partial charge in [-0.25, -0.2) is 14.6 Å². The number of carboxylic acids is 2. The van der Waals surface area contributed by atoms with Gasteiger partial charge in [-0.1, -0.05) is 18.2 Å². The highest BCUT2D eigenvalue weighted by molar-refractivity contribution is 5.89. The molecule has 21 heavy (non-hydrogen) atoms. The highest BCUT2D eigenvalue weighted by Gasteiger charge is 2.01. The van der Waals surface area contributed by atoms with Crippen LogP contribution in [0, 0.1) is 0 Å². The van der Waals surface area contributed by atoms with Crippen molar-refractivity contribution in [2.24, 2.45) is 5.84 Å². The van der Waals surface area contributed by atoms with Crippen molar-refractivity contribution in [2.45, 2.75) is 6.42 Å². The van der Waals surface area contributed by atoms with Gasteiger partial charge in [0.1, 0.15) is 5.75 Å². The zero-order valence-electron chi connectivity index (χ0n) is 12.0. The van der Waals surface area contributed by atoms with E-state index in [2.05, 4.69) is 6.07 Å². The molecule has 7 nitrogen and oxygen atoms in total. The first-order chi connectivity index (χ1) is 9.86. The van der Waals surface area contributed by atoms with Gasteiger partial charge < -0.3 is 14.9 Å². The molecule has 0 saturated heterocycles. The number of nitrogens with zero attached hydrogens (tertiary/aromatic N) is 1. The number of carbonyl (C=O) groups is 2. The van der Waals surface area contributed by atoms with E-state index in [9.17, 15) is 9.59 Å². The Labute approximate surface area is 123 Å². The van der Waals surface area contributed by atoms with Crippen LogP contribution in [-0.4, -0.2) is 47.9 Å². The van der Waals surface area contributed by atoms with Crippen LogP contribution in [0.3, 0.4) is 0 Å². The second-order valence-corrected chi connectivity index (χ2v) is 4.05. The van der Waals surface area contributed by atoms with Crippen molar-refractivity contribution in [3.8, 4) is 5.75 Å². The Bertz CT molecular complexity index is 470. The Hall–Kier alpha value is -2.38. The number of nitrogens with two attached hydrogens (primary N) is 1. The largest absolute Gasteiger partial charge is 0.496 e. The van der Waals surface area contributed by atoms with Crippen LogP contribution in [0.2, 0.25) is 0 Å². The van der Waals surface area contributed by atoms with Crippen LogP contribution in [0.1, 0.15) is 5.56 Å². The van der Waals surface area contributed by atoms with Crippen molar-refractivity contribution >= 4 is 11.9 Å². The van der Waals surface area contributed by atoms with Gasteiger partial charge in [-0.3, -0.25) is 5.84 Å². The molecule has 0 aliphatic carbocycles. The van der Waals surface area contributed by atoms with Crippen molar-refractivity contribution in [3.05, 3.63) is 42.0 Å². The lowest BCUT2D eigenvalue weighted by atomic mass is 10.1. The van der Waals surface area contributed by atoms with E-state index in [0.717, 1.165) is 18.7 Å². The predicted octanol–water partition coefficient (Wildman–Crippen LogP) is 0.755. The summed E-state index contributed by atoms with van der Waals surface area (Å²) in [5.74, 6) is 3.94. The van der Waals surface area contributed by atoms with E-state index in [0.29, 0.717) is 12.2 Å². The zero-order valence-corrected chi connectivity index (χ0v) is 12.0. The molecule has 1 aromatic rings. The average Bonchev–Trinajstić information content (AvgIpc) is 2.44. The summed E-state index contributed by atoms with van der Waals surface area (Å²) in [6, 6.07) is 8.00. The predicted molar refractivity (Wildman–Crippen MR) is 77.9 cm³/mol. The lowest BCUT2D eigenvalue weighted by Crippen LogP contribution is -2.28. The van der Waals surface area contributed by atoms with E-state index < -0.39 is 11.9 Å². The number of rotatable bonds is 6. The first-order valence-corrected chi connectivity index (χ1v) is 6.08. The number of likely N-dealkylation sites (N-methyl/N-ethyl adjacent to an activating group) is 1. The minimum atomic E-state index is -1.26. The minimum absolute atomic E-state index is 0.558. The molecule has 0 aromatic heterocycles. The van der Waals surface area contributed by atoms with Gasteiger partial charge in [0.25, 0.3) is 0 Å². The normalized spacial score (nSPS) is 10.1. The van der Waals surface area contributed by atoms with E-state index in [-0.39, 0.29) is 0 Å². The van der Waals surface area contributed by atoms with E-state index >= 15 is 0 Å². The summed E-state index contributed by atoms with van der Waals surface area (Å²) < 4.78 is 5.22. The Kier molecular flexibility index (Phi) is 9.23. The second kappa shape index (κ2) is 10.4. The molecule has 0 fully saturated rings. The molecular formula is C14H20N2O5. The lowest BCUT2D eigenvalue weighted by Gasteiger charge is -2.11. The van der Waals surface area contributed by atoms with E-state index in [1.54, 1.807) is 12.1 Å². The van der Waals surface area contributed by atoms with Crippen molar-refractivity contribution < 1.29 is 24.5 Å². The van der Waals surface area contributed by atoms with Crippen LogP contribution >= 0.6 is 0 Å². The Morgan fingerprint density at radius 2 is 1.76 bits per heavy atom. The number of methoxy groups -OCH3 is 1. The summed E-state index contributed by atoms with van der Waals surface area (Å²) in [6.45, 7) is 0.834. The molecule has 116 valence electrons. The smallest absolute Gasteiger partial charge is 0.328 e. The summed E-state index contributed by atoms with van der Waals surface area (Å²) in [4.78, 5) is 19.1. The highest BCUT2D eigenvalue weighted by Crippen LogP contribution is 2.17. The lowest BCUT2D eigenvalue weighted by molar-refractivity contribution is -0.134. The van der Waals surface area contributed by atoms with Crippen molar-refractivity contribution in [1.82, 2.24) is 5.01 Å². The number of hydrogen-bond donors (Lipinski definition) is 3. The molecule has 0 saturated carbocycles. The third-order valence-corrected chi connectivity index (χ3v) is 2.29. The molecular weight excluding hydrogens is 276 g/mol. The van der Waals surface area contributed by atoms with Crippen LogP contribution < -0.4 is 10.6 Å². The maximum atomic E-state index is 9.55. The summed E-state index contributed by atoms with van der Waals surface area (Å²) in [5, 5.41) is 17.3. The first kappa shape index (κ1) is 18.6. The summed E-state index contributed by atoms with van der Waals surface area (Å²) >= 11 is 0. The minimum Gasteiger partial charge on any atom is -0.496 e. The third-order valence-electron chi connectivity index (χ3n) is 2.29. The molecule has 0 unspecified atom stereocenters. The van der Waals surface area contributed by atoms with Gasteiger partial charge in [0.05, 0.1) is 7.11 Å². The molecule has 0 amide bonds. The van der Waals surface area contributed by atoms with Crippen LogP contribution in [0.25, 0.3) is 0 Å². The van der Waals surface area contributed by atoms with Gasteiger partial charge in [0, 0.05) is 25.7 Å². The molecule has 0 aliphatic rings. The van der Waals surface area contributed by atoms with Gasteiger partial charge >= 0.3 is 11.9 Å². The molecule has 0 atom stereocenters. The monoisotopic (exact) mass is 296 g/mol. The topological polar surface area (TPSA) is 113 Å². The molecule has 0 bridgehead atoms. The molecule has 1 rings (SSSR count). The number of aliphatic carboxylic acids is 2. The fourth-order valence-corrected chi connectivity index (χ4v) is 1.35. The number of ether oxygens (including phenoxy) is 1. The fourth-order valence-electron chi connectivity index (χ4n) is 1.35. The third kappa shape index (κ3) is 10.1. The number of para-hydroxylation sites is 1. The van der Waals surface area contributed by atoms with Crippen molar-refractivity contribution in [2.75, 3.05) is 20.7 Å². The summed E-state index contributed by atoms with van der Waals surface area (Å²) in [7, 11) is 3.54. The Morgan fingerprint density at radius 3 is 2.19 bits per heavy atom. The van der Waals surface area contributed by atoms with Gasteiger partial charge in [-0.05, 0) is 18.1 Å². The number of hydrazine groups is 1. The second-order valence-electron chi connectivity index (χ2n) is 4.05. The van der Waals surface area contributed by atoms with Crippen LogP contribution in [0.5, 0.6) is 5.75 Å². The van der Waals surface area contributed by atoms with E-state index in [4.69, 9.17) is 20.8 Å². The first-order valence-electron chi connectivity index (χ1n) is 6.08. The maximum absolute atomic E-state index is 9.55. The quantitative estimate of drug-likeness (QED) is 0.403. The number of benzene rings is 1. The van der Waals surface area contributed by atoms with Crippen molar-refractivity contribution in [3.63, 3.8) is 0 Å². The molecule has 7 heteroatoms. The van der Waals surface area contributed by atoms with Crippen molar-refractivity contribution in [1.29, 1.82) is 0 Å². The molecule has 1 aromatic carbocycles. The van der Waals surface area contributed by atoms with Crippen LogP contribution in [-0.2, 0) is 16.0 Å². The van der Waals surface area contributed by atoms with Gasteiger partial charge in [-0.15, -0.1) is 0 Å². The van der Waals surface area contributed by atoms with E-state index in [1.165, 1.54) is 5.56 Å². The summed E-state index contributed by atoms with van der Waals surface area (Å²) in [5.41, 5.74) is 1.20. The number of hydrogen-bond acceptors (Lipinski definition) is 5. The zero-order chi connectivity index (χ0) is 16.3. The molecule has 0 spiro atoms. The Morgan fingerprint density at radius 1 is 1.24 bits per heavy atom. The number of carboxylic acid groups (broad SMARTS) is 2.